The van der Waals surface area contributed by atoms with E-state index in [4.69, 9.17) is 4.74 Å². The van der Waals surface area contributed by atoms with E-state index in [0.717, 1.165) is 11.3 Å². The Bertz CT molecular complexity index is 505. The van der Waals surface area contributed by atoms with Crippen LogP contribution in [0, 0.1) is 0 Å². The molecule has 0 fully saturated rings. The van der Waals surface area contributed by atoms with E-state index >= 15 is 0 Å². The molecule has 0 spiro atoms. The highest BCUT2D eigenvalue weighted by Crippen LogP contribution is 2.18. The predicted octanol–water partition coefficient (Wildman–Crippen LogP) is 3.25. The second-order valence-corrected chi connectivity index (χ2v) is 4.76. The third-order valence-electron chi connectivity index (χ3n) is 2.75. The molecule has 1 unspecified atom stereocenters. The van der Waals surface area contributed by atoms with Crippen molar-refractivity contribution >= 4 is 17.2 Å². The summed E-state index contributed by atoms with van der Waals surface area (Å²) in [5.74, 6) is 0.773. The minimum atomic E-state index is -0.0421. The van der Waals surface area contributed by atoms with Crippen molar-refractivity contribution < 1.29 is 9.53 Å². The molecular weight excluding hydrogens is 246 g/mol. The quantitative estimate of drug-likeness (QED) is 0.917. The lowest BCUT2D eigenvalue weighted by atomic mass is 10.1. The third kappa shape index (κ3) is 2.90. The summed E-state index contributed by atoms with van der Waals surface area (Å²) < 4.78 is 5.10. The zero-order chi connectivity index (χ0) is 13.0. The van der Waals surface area contributed by atoms with Gasteiger partial charge in [-0.3, -0.25) is 4.79 Å². The minimum absolute atomic E-state index is 0.0247. The Morgan fingerprint density at radius 2 is 2.00 bits per heavy atom. The lowest BCUT2D eigenvalue weighted by Gasteiger charge is -2.14. The number of hydrogen-bond acceptors (Lipinski definition) is 3. The van der Waals surface area contributed by atoms with E-state index in [2.05, 4.69) is 5.32 Å². The number of benzene rings is 1. The molecule has 2 rings (SSSR count). The number of hydrogen-bond donors (Lipinski definition) is 1. The van der Waals surface area contributed by atoms with E-state index in [1.54, 1.807) is 7.11 Å². The molecule has 0 aliphatic rings. The average molecular weight is 261 g/mol. The highest BCUT2D eigenvalue weighted by Gasteiger charge is 2.11. The number of nitrogens with one attached hydrogen (secondary N) is 1. The van der Waals surface area contributed by atoms with Crippen LogP contribution in [0.5, 0.6) is 5.75 Å². The summed E-state index contributed by atoms with van der Waals surface area (Å²) in [6.45, 7) is 1.96. The second-order valence-electron chi connectivity index (χ2n) is 3.98. The Balaban J connectivity index is 2.02. The summed E-state index contributed by atoms with van der Waals surface area (Å²) >= 11 is 1.52. The summed E-state index contributed by atoms with van der Waals surface area (Å²) in [4.78, 5) is 11.9. The van der Waals surface area contributed by atoms with Gasteiger partial charge in [-0.25, -0.2) is 0 Å². The van der Waals surface area contributed by atoms with E-state index in [-0.39, 0.29) is 11.9 Å². The van der Waals surface area contributed by atoms with E-state index < -0.39 is 0 Å². The number of carbonyl (C=O) groups is 1. The van der Waals surface area contributed by atoms with Crippen LogP contribution >= 0.6 is 11.3 Å². The fraction of sp³-hybridized carbons (Fsp3) is 0.214. The summed E-state index contributed by atoms with van der Waals surface area (Å²) in [7, 11) is 1.64. The molecule has 2 aromatic rings. The van der Waals surface area contributed by atoms with Gasteiger partial charge in [0.15, 0.2) is 0 Å². The van der Waals surface area contributed by atoms with Gasteiger partial charge in [-0.15, -0.1) is 0 Å². The van der Waals surface area contributed by atoms with Crippen molar-refractivity contribution in [2.75, 3.05) is 7.11 Å². The number of rotatable bonds is 4. The molecule has 1 atom stereocenters. The standard InChI is InChI=1S/C14H15NO2S/c1-10(11-3-5-13(17-2)6-4-11)15-14(16)12-7-8-18-9-12/h3-10H,1-2H3,(H,15,16). The third-order valence-corrected chi connectivity index (χ3v) is 3.43. The maximum atomic E-state index is 11.9. The van der Waals surface area contributed by atoms with Crippen molar-refractivity contribution in [3.63, 3.8) is 0 Å². The lowest BCUT2D eigenvalue weighted by Crippen LogP contribution is -2.26. The van der Waals surface area contributed by atoms with Crippen molar-refractivity contribution in [3.05, 3.63) is 52.2 Å². The fourth-order valence-electron chi connectivity index (χ4n) is 1.65. The number of methoxy groups -OCH3 is 1. The first-order valence-electron chi connectivity index (χ1n) is 5.67. The molecule has 4 heteroatoms. The molecule has 0 saturated carbocycles. The monoisotopic (exact) mass is 261 g/mol. The molecule has 0 aliphatic heterocycles. The van der Waals surface area contributed by atoms with E-state index in [9.17, 15) is 4.79 Å². The van der Waals surface area contributed by atoms with Crippen LogP contribution in [-0.2, 0) is 0 Å². The Labute approximate surface area is 110 Å². The van der Waals surface area contributed by atoms with Crippen molar-refractivity contribution in [1.82, 2.24) is 5.32 Å². The van der Waals surface area contributed by atoms with Gasteiger partial charge >= 0.3 is 0 Å². The molecule has 1 N–H and O–H groups in total. The van der Waals surface area contributed by atoms with E-state index in [1.807, 2.05) is 48.0 Å². The van der Waals surface area contributed by atoms with Crippen molar-refractivity contribution in [3.8, 4) is 5.75 Å². The SMILES string of the molecule is COc1ccc(C(C)NC(=O)c2ccsc2)cc1. The summed E-state index contributed by atoms with van der Waals surface area (Å²) in [5, 5.41) is 6.70. The van der Waals surface area contributed by atoms with Crippen molar-refractivity contribution in [2.24, 2.45) is 0 Å². The van der Waals surface area contributed by atoms with Gasteiger partial charge in [-0.2, -0.15) is 11.3 Å². The molecule has 3 nitrogen and oxygen atoms in total. The first kappa shape index (κ1) is 12.6. The summed E-state index contributed by atoms with van der Waals surface area (Å²) in [6, 6.07) is 9.49. The maximum Gasteiger partial charge on any atom is 0.252 e. The lowest BCUT2D eigenvalue weighted by molar-refractivity contribution is 0.0940. The molecule has 0 radical (unpaired) electrons. The number of carbonyl (C=O) groups excluding carboxylic acids is 1. The van der Waals surface area contributed by atoms with Crippen molar-refractivity contribution in [1.29, 1.82) is 0 Å². The summed E-state index contributed by atoms with van der Waals surface area (Å²) in [6.07, 6.45) is 0. The highest BCUT2D eigenvalue weighted by molar-refractivity contribution is 7.08. The van der Waals surface area contributed by atoms with Crippen LogP contribution in [-0.4, -0.2) is 13.0 Å². The maximum absolute atomic E-state index is 11.9. The highest BCUT2D eigenvalue weighted by atomic mass is 32.1. The normalized spacial score (nSPS) is 11.9. The largest absolute Gasteiger partial charge is 0.497 e. The van der Waals surface area contributed by atoms with Crippen LogP contribution in [0.1, 0.15) is 28.9 Å². The van der Waals surface area contributed by atoms with E-state index in [0.29, 0.717) is 5.56 Å². The molecule has 18 heavy (non-hydrogen) atoms. The van der Waals surface area contributed by atoms with Gasteiger partial charge in [0.1, 0.15) is 5.75 Å². The molecule has 0 aliphatic carbocycles. The van der Waals surface area contributed by atoms with Crippen LogP contribution in [0.25, 0.3) is 0 Å². The number of ether oxygens (including phenoxy) is 1. The first-order chi connectivity index (χ1) is 8.70. The molecule has 1 aromatic carbocycles. The second kappa shape index (κ2) is 5.69. The van der Waals surface area contributed by atoms with E-state index in [1.165, 1.54) is 11.3 Å². The van der Waals surface area contributed by atoms with Gasteiger partial charge in [-0.1, -0.05) is 12.1 Å². The molecule has 1 aromatic heterocycles. The van der Waals surface area contributed by atoms with Gasteiger partial charge < -0.3 is 10.1 Å². The molecule has 0 saturated heterocycles. The van der Waals surface area contributed by atoms with Gasteiger partial charge in [-0.05, 0) is 36.1 Å². The van der Waals surface area contributed by atoms with Gasteiger partial charge in [0.05, 0.1) is 18.7 Å². The van der Waals surface area contributed by atoms with Gasteiger partial charge in [0.2, 0.25) is 0 Å². The Morgan fingerprint density at radius 1 is 1.28 bits per heavy atom. The molecule has 1 heterocycles. The molecule has 0 bridgehead atoms. The molecule has 94 valence electrons. The smallest absolute Gasteiger partial charge is 0.252 e. The summed E-state index contributed by atoms with van der Waals surface area (Å²) in [5.41, 5.74) is 1.76. The molecule has 1 amide bonds. The van der Waals surface area contributed by atoms with Crippen LogP contribution in [0.2, 0.25) is 0 Å². The minimum Gasteiger partial charge on any atom is -0.497 e. The van der Waals surface area contributed by atoms with Crippen LogP contribution in [0.4, 0.5) is 0 Å². The number of thiophene rings is 1. The average Bonchev–Trinajstić information content (AvgIpc) is 2.92. The zero-order valence-electron chi connectivity index (χ0n) is 10.3. The van der Waals surface area contributed by atoms with Crippen LogP contribution in [0.3, 0.4) is 0 Å². The van der Waals surface area contributed by atoms with Gasteiger partial charge in [0.25, 0.3) is 5.91 Å². The first-order valence-corrected chi connectivity index (χ1v) is 6.62. The predicted molar refractivity (Wildman–Crippen MR) is 73.2 cm³/mol. The van der Waals surface area contributed by atoms with Crippen LogP contribution in [0.15, 0.2) is 41.1 Å². The Hall–Kier alpha value is -1.81. The van der Waals surface area contributed by atoms with Crippen molar-refractivity contribution in [2.45, 2.75) is 13.0 Å². The fourth-order valence-corrected chi connectivity index (χ4v) is 2.29. The zero-order valence-corrected chi connectivity index (χ0v) is 11.2. The topological polar surface area (TPSA) is 38.3 Å². The van der Waals surface area contributed by atoms with Crippen LogP contribution < -0.4 is 10.1 Å². The Kier molecular flexibility index (Phi) is 3.99. The Morgan fingerprint density at radius 3 is 2.56 bits per heavy atom. The molecular formula is C14H15NO2S. The number of amides is 1. The van der Waals surface area contributed by atoms with Gasteiger partial charge in [0, 0.05) is 5.38 Å².